The summed E-state index contributed by atoms with van der Waals surface area (Å²) in [5.74, 6) is 0. The first-order chi connectivity index (χ1) is 20.9. The molecule has 0 saturated carbocycles. The third kappa shape index (κ3) is 3.23. The number of nitrogens with zero attached hydrogens (tertiary/aromatic N) is 1. The minimum absolute atomic E-state index is 0.0247. The molecule has 2 aliphatic carbocycles. The van der Waals surface area contributed by atoms with E-state index in [0.29, 0.717) is 0 Å². The zero-order chi connectivity index (χ0) is 29.1. The normalized spacial score (nSPS) is 16.5. The summed E-state index contributed by atoms with van der Waals surface area (Å²) in [7, 11) is 0. The molecule has 0 spiro atoms. The van der Waals surface area contributed by atoms with Gasteiger partial charge in [-0.25, -0.2) is 0 Å². The molecule has 1 nitrogen and oxygen atoms in total. The molecule has 9 rings (SSSR count). The van der Waals surface area contributed by atoms with Gasteiger partial charge in [0.25, 0.3) is 0 Å². The predicted octanol–water partition coefficient (Wildman–Crippen LogP) is 11.0. The number of rotatable bonds is 1. The Labute approximate surface area is 254 Å². The Hall–Kier alpha value is -4.62. The monoisotopic (exact) mass is 553 g/mol. The zero-order valence-electron chi connectivity index (χ0n) is 25.3. The number of aryl methyl sites for hydroxylation is 2. The van der Waals surface area contributed by atoms with E-state index in [1.807, 2.05) is 0 Å². The van der Waals surface area contributed by atoms with Gasteiger partial charge in [0.2, 0.25) is 0 Å². The van der Waals surface area contributed by atoms with E-state index in [-0.39, 0.29) is 10.8 Å². The van der Waals surface area contributed by atoms with Crippen LogP contribution < -0.4 is 4.90 Å². The van der Waals surface area contributed by atoms with Gasteiger partial charge in [0, 0.05) is 27.6 Å². The van der Waals surface area contributed by atoms with Crippen molar-refractivity contribution in [1.82, 2.24) is 0 Å². The van der Waals surface area contributed by atoms with Crippen molar-refractivity contribution < 1.29 is 0 Å². The number of hydrogen-bond donors (Lipinski definition) is 0. The molecular formula is C42H35N. The van der Waals surface area contributed by atoms with Gasteiger partial charge in [-0.05, 0) is 104 Å². The lowest BCUT2D eigenvalue weighted by Crippen LogP contribution is -2.18. The van der Waals surface area contributed by atoms with Crippen molar-refractivity contribution in [2.75, 3.05) is 4.90 Å². The minimum Gasteiger partial charge on any atom is -0.309 e. The topological polar surface area (TPSA) is 3.24 Å². The van der Waals surface area contributed by atoms with Gasteiger partial charge in [-0.15, -0.1) is 0 Å². The fourth-order valence-corrected chi connectivity index (χ4v) is 8.48. The fraction of sp³-hybridized carbons (Fsp3) is 0.190. The van der Waals surface area contributed by atoms with Gasteiger partial charge >= 0.3 is 0 Å². The van der Waals surface area contributed by atoms with Crippen LogP contribution >= 0.6 is 0 Å². The SMILES string of the molecule is CC1(C)c2ccccc2-c2cc3c(cc21)-c1c(cc(N2c4ccccc4CCc4ccccc42)c2ccccc12)C3(C)C. The van der Waals surface area contributed by atoms with Gasteiger partial charge in [0.15, 0.2) is 0 Å². The molecule has 0 aromatic heterocycles. The zero-order valence-corrected chi connectivity index (χ0v) is 25.3. The van der Waals surface area contributed by atoms with Crippen LogP contribution in [0.25, 0.3) is 33.0 Å². The first-order valence-electron chi connectivity index (χ1n) is 15.7. The Morgan fingerprint density at radius 3 is 1.70 bits per heavy atom. The Bertz CT molecular complexity index is 2100. The van der Waals surface area contributed by atoms with Crippen LogP contribution in [0.3, 0.4) is 0 Å². The maximum absolute atomic E-state index is 2.55. The van der Waals surface area contributed by atoms with E-state index in [2.05, 4.69) is 148 Å². The Morgan fingerprint density at radius 1 is 0.442 bits per heavy atom. The van der Waals surface area contributed by atoms with E-state index >= 15 is 0 Å². The summed E-state index contributed by atoms with van der Waals surface area (Å²) in [6.07, 6.45) is 2.10. The Balaban J connectivity index is 1.35. The molecule has 0 atom stereocenters. The molecule has 0 amide bonds. The van der Waals surface area contributed by atoms with Gasteiger partial charge < -0.3 is 4.90 Å². The lowest BCUT2D eigenvalue weighted by atomic mass is 9.79. The summed E-state index contributed by atoms with van der Waals surface area (Å²) < 4.78 is 0. The van der Waals surface area contributed by atoms with Gasteiger partial charge in [-0.3, -0.25) is 0 Å². The van der Waals surface area contributed by atoms with Crippen LogP contribution in [0, 0.1) is 0 Å². The minimum atomic E-state index is -0.134. The summed E-state index contributed by atoms with van der Waals surface area (Å²) in [6.45, 7) is 9.64. The molecule has 0 saturated heterocycles. The van der Waals surface area contributed by atoms with Crippen LogP contribution in [0.4, 0.5) is 17.1 Å². The first kappa shape index (κ1) is 24.9. The molecule has 3 aliphatic rings. The molecule has 0 unspecified atom stereocenters. The second-order valence-electron chi connectivity index (χ2n) is 13.7. The maximum atomic E-state index is 2.55. The average molecular weight is 554 g/mol. The van der Waals surface area contributed by atoms with Crippen molar-refractivity contribution in [2.24, 2.45) is 0 Å². The highest BCUT2D eigenvalue weighted by molar-refractivity contribution is 6.10. The van der Waals surface area contributed by atoms with Crippen molar-refractivity contribution >= 4 is 27.8 Å². The first-order valence-corrected chi connectivity index (χ1v) is 15.7. The smallest absolute Gasteiger partial charge is 0.0543 e. The molecule has 1 heterocycles. The van der Waals surface area contributed by atoms with E-state index in [1.165, 1.54) is 83.5 Å². The third-order valence-electron chi connectivity index (χ3n) is 10.7. The predicted molar refractivity (Wildman–Crippen MR) is 181 cm³/mol. The summed E-state index contributed by atoms with van der Waals surface area (Å²) >= 11 is 0. The second kappa shape index (κ2) is 8.48. The van der Waals surface area contributed by atoms with Crippen LogP contribution in [0.15, 0.2) is 115 Å². The van der Waals surface area contributed by atoms with Crippen LogP contribution in [0.5, 0.6) is 0 Å². The van der Waals surface area contributed by atoms with E-state index in [1.54, 1.807) is 0 Å². The van der Waals surface area contributed by atoms with Crippen LogP contribution in [0.2, 0.25) is 0 Å². The molecule has 0 radical (unpaired) electrons. The van der Waals surface area contributed by atoms with Gasteiger partial charge in [0.05, 0.1) is 5.69 Å². The van der Waals surface area contributed by atoms with Crippen molar-refractivity contribution in [3.8, 4) is 22.3 Å². The van der Waals surface area contributed by atoms with Crippen molar-refractivity contribution in [2.45, 2.75) is 51.4 Å². The molecule has 6 aromatic rings. The van der Waals surface area contributed by atoms with Crippen molar-refractivity contribution in [1.29, 1.82) is 0 Å². The molecule has 1 heteroatoms. The third-order valence-corrected chi connectivity index (χ3v) is 10.7. The largest absolute Gasteiger partial charge is 0.309 e. The van der Waals surface area contributed by atoms with Gasteiger partial charge in [-0.2, -0.15) is 0 Å². The highest BCUT2D eigenvalue weighted by Crippen LogP contribution is 2.59. The lowest BCUT2D eigenvalue weighted by molar-refractivity contribution is 0.652. The molecule has 0 N–H and O–H groups in total. The Morgan fingerprint density at radius 2 is 0.977 bits per heavy atom. The average Bonchev–Trinajstić information content (AvgIpc) is 3.30. The molecule has 0 bridgehead atoms. The highest BCUT2D eigenvalue weighted by Gasteiger charge is 2.42. The van der Waals surface area contributed by atoms with E-state index < -0.39 is 0 Å². The van der Waals surface area contributed by atoms with Crippen LogP contribution in [0.1, 0.15) is 61.1 Å². The summed E-state index contributed by atoms with van der Waals surface area (Å²) in [6, 6.07) is 43.7. The highest BCUT2D eigenvalue weighted by atomic mass is 15.2. The number of para-hydroxylation sites is 2. The molecule has 208 valence electrons. The van der Waals surface area contributed by atoms with Crippen LogP contribution in [-0.2, 0) is 23.7 Å². The van der Waals surface area contributed by atoms with Crippen molar-refractivity contribution in [3.63, 3.8) is 0 Å². The summed E-state index contributed by atoms with van der Waals surface area (Å²) in [5.41, 5.74) is 17.9. The number of hydrogen-bond acceptors (Lipinski definition) is 1. The molecule has 1 aliphatic heterocycles. The number of anilines is 3. The molecule has 0 fully saturated rings. The van der Waals surface area contributed by atoms with Gasteiger partial charge in [-0.1, -0.05) is 113 Å². The van der Waals surface area contributed by atoms with Crippen molar-refractivity contribution in [3.05, 3.63) is 149 Å². The maximum Gasteiger partial charge on any atom is 0.0543 e. The Kier molecular flexibility index (Phi) is 4.92. The quantitative estimate of drug-likeness (QED) is 0.196. The van der Waals surface area contributed by atoms with E-state index in [0.717, 1.165) is 12.8 Å². The molecule has 6 aromatic carbocycles. The standard InChI is InChI=1S/C42H35N/c1-41(2)33-18-10-9-15-28(33)31-23-35-32(24-34(31)41)40-30-17-8-7-16-29(30)39(25-36(40)42(35,3)4)43-37-19-11-5-13-26(37)21-22-27-14-6-12-20-38(27)43/h5-20,23-25H,21-22H2,1-4H3. The van der Waals surface area contributed by atoms with Gasteiger partial charge in [0.1, 0.15) is 0 Å². The number of benzene rings is 6. The fourth-order valence-electron chi connectivity index (χ4n) is 8.48. The molecular weight excluding hydrogens is 518 g/mol. The number of fused-ring (bicyclic) bond motifs is 10. The van der Waals surface area contributed by atoms with Crippen LogP contribution in [-0.4, -0.2) is 0 Å². The van der Waals surface area contributed by atoms with E-state index in [9.17, 15) is 0 Å². The second-order valence-corrected chi connectivity index (χ2v) is 13.7. The molecule has 43 heavy (non-hydrogen) atoms. The summed E-state index contributed by atoms with van der Waals surface area (Å²) in [5, 5.41) is 2.65. The van der Waals surface area contributed by atoms with E-state index in [4.69, 9.17) is 0 Å². The summed E-state index contributed by atoms with van der Waals surface area (Å²) in [4.78, 5) is 2.55. The lowest BCUT2D eigenvalue weighted by Gasteiger charge is -2.31.